The van der Waals surface area contributed by atoms with E-state index in [0.29, 0.717) is 17.7 Å². The van der Waals surface area contributed by atoms with Crippen LogP contribution in [0.2, 0.25) is 0 Å². The molecule has 0 radical (unpaired) electrons. The number of halogens is 1. The van der Waals surface area contributed by atoms with Gasteiger partial charge in [-0.3, -0.25) is 4.90 Å². The SMILES string of the molecule is CCNc1ncc(F)c(N2CCN(CC(C)C)CC2)n1. The normalized spacial score (nSPS) is 16.8. The second-order valence-electron chi connectivity index (χ2n) is 5.58. The highest BCUT2D eigenvalue weighted by atomic mass is 19.1. The first-order valence-corrected chi connectivity index (χ1v) is 7.34. The smallest absolute Gasteiger partial charge is 0.224 e. The summed E-state index contributed by atoms with van der Waals surface area (Å²) in [7, 11) is 0. The fourth-order valence-corrected chi connectivity index (χ4v) is 2.48. The molecular weight excluding hydrogens is 257 g/mol. The topological polar surface area (TPSA) is 44.3 Å². The lowest BCUT2D eigenvalue weighted by molar-refractivity contribution is 0.230. The molecule has 1 aromatic rings. The molecule has 112 valence electrons. The summed E-state index contributed by atoms with van der Waals surface area (Å²) in [6.07, 6.45) is 1.25. The zero-order chi connectivity index (χ0) is 14.5. The van der Waals surface area contributed by atoms with Crippen LogP contribution < -0.4 is 10.2 Å². The Morgan fingerprint density at radius 3 is 2.60 bits per heavy atom. The molecule has 6 heteroatoms. The van der Waals surface area contributed by atoms with Gasteiger partial charge >= 0.3 is 0 Å². The van der Waals surface area contributed by atoms with Gasteiger partial charge in [0.05, 0.1) is 6.20 Å². The van der Waals surface area contributed by atoms with Gasteiger partial charge in [-0.2, -0.15) is 4.98 Å². The lowest BCUT2D eigenvalue weighted by atomic mass is 10.2. The Balaban J connectivity index is 2.00. The summed E-state index contributed by atoms with van der Waals surface area (Å²) in [6, 6.07) is 0. The van der Waals surface area contributed by atoms with E-state index in [2.05, 4.69) is 34.0 Å². The minimum Gasteiger partial charge on any atom is -0.354 e. The molecule has 0 atom stereocenters. The molecule has 1 aromatic heterocycles. The van der Waals surface area contributed by atoms with Crippen molar-refractivity contribution in [2.75, 3.05) is 49.5 Å². The number of hydrogen-bond donors (Lipinski definition) is 1. The van der Waals surface area contributed by atoms with Crippen molar-refractivity contribution in [1.82, 2.24) is 14.9 Å². The van der Waals surface area contributed by atoms with Crippen molar-refractivity contribution in [3.63, 3.8) is 0 Å². The average Bonchev–Trinajstić information content (AvgIpc) is 2.42. The third kappa shape index (κ3) is 3.79. The molecule has 0 unspecified atom stereocenters. The Hall–Kier alpha value is -1.43. The van der Waals surface area contributed by atoms with Crippen LogP contribution in [0.25, 0.3) is 0 Å². The summed E-state index contributed by atoms with van der Waals surface area (Å²) in [5, 5.41) is 3.02. The van der Waals surface area contributed by atoms with E-state index in [1.54, 1.807) is 0 Å². The van der Waals surface area contributed by atoms with Crippen molar-refractivity contribution in [2.24, 2.45) is 5.92 Å². The van der Waals surface area contributed by atoms with Crippen molar-refractivity contribution in [2.45, 2.75) is 20.8 Å². The molecule has 1 aliphatic rings. The Labute approximate surface area is 120 Å². The summed E-state index contributed by atoms with van der Waals surface area (Å²) in [6.45, 7) is 11.8. The van der Waals surface area contributed by atoms with Crippen LogP contribution in [0.5, 0.6) is 0 Å². The van der Waals surface area contributed by atoms with Gasteiger partial charge in [-0.25, -0.2) is 9.37 Å². The average molecular weight is 281 g/mol. The molecule has 1 fully saturated rings. The fraction of sp³-hybridized carbons (Fsp3) is 0.714. The van der Waals surface area contributed by atoms with Crippen LogP contribution in [-0.4, -0.2) is 54.1 Å². The molecule has 2 rings (SSSR count). The first kappa shape index (κ1) is 15.0. The van der Waals surface area contributed by atoms with E-state index in [9.17, 15) is 4.39 Å². The lowest BCUT2D eigenvalue weighted by Crippen LogP contribution is -2.48. The Morgan fingerprint density at radius 1 is 1.30 bits per heavy atom. The second kappa shape index (κ2) is 6.83. The molecule has 1 saturated heterocycles. The zero-order valence-electron chi connectivity index (χ0n) is 12.6. The van der Waals surface area contributed by atoms with Gasteiger partial charge in [0.1, 0.15) is 0 Å². The highest BCUT2D eigenvalue weighted by molar-refractivity contribution is 5.44. The van der Waals surface area contributed by atoms with Crippen LogP contribution in [0.15, 0.2) is 6.20 Å². The number of anilines is 2. The fourth-order valence-electron chi connectivity index (χ4n) is 2.48. The van der Waals surface area contributed by atoms with E-state index in [1.807, 2.05) is 11.8 Å². The molecule has 1 N–H and O–H groups in total. The van der Waals surface area contributed by atoms with E-state index >= 15 is 0 Å². The molecule has 0 aliphatic carbocycles. The molecule has 20 heavy (non-hydrogen) atoms. The maximum atomic E-state index is 13.9. The number of rotatable bonds is 5. The highest BCUT2D eigenvalue weighted by Gasteiger charge is 2.21. The number of piperazine rings is 1. The highest BCUT2D eigenvalue weighted by Crippen LogP contribution is 2.19. The van der Waals surface area contributed by atoms with E-state index in [0.717, 1.165) is 39.3 Å². The number of aromatic nitrogens is 2. The molecule has 2 heterocycles. The number of nitrogens with zero attached hydrogens (tertiary/aromatic N) is 4. The molecule has 0 spiro atoms. The van der Waals surface area contributed by atoms with E-state index in [-0.39, 0.29) is 5.82 Å². The Kier molecular flexibility index (Phi) is 5.11. The van der Waals surface area contributed by atoms with Crippen molar-refractivity contribution in [3.05, 3.63) is 12.0 Å². The van der Waals surface area contributed by atoms with E-state index in [4.69, 9.17) is 0 Å². The minimum absolute atomic E-state index is 0.344. The maximum absolute atomic E-state index is 13.9. The standard InChI is InChI=1S/C14H24FN5/c1-4-16-14-17-9-12(15)13(18-14)20-7-5-19(6-8-20)10-11(2)3/h9,11H,4-8,10H2,1-3H3,(H,16,17,18). The second-order valence-corrected chi connectivity index (χ2v) is 5.58. The third-order valence-electron chi connectivity index (χ3n) is 3.36. The molecule has 5 nitrogen and oxygen atoms in total. The predicted octanol–water partition coefficient (Wildman–Crippen LogP) is 1.83. The van der Waals surface area contributed by atoms with Crippen molar-refractivity contribution >= 4 is 11.8 Å². The molecular formula is C14H24FN5. The molecule has 0 aromatic carbocycles. The summed E-state index contributed by atoms with van der Waals surface area (Å²) in [4.78, 5) is 12.7. The van der Waals surface area contributed by atoms with Gasteiger partial charge < -0.3 is 10.2 Å². The van der Waals surface area contributed by atoms with Gasteiger partial charge in [0.15, 0.2) is 11.6 Å². The predicted molar refractivity (Wildman–Crippen MR) is 79.6 cm³/mol. The molecule has 0 bridgehead atoms. The number of hydrogen-bond acceptors (Lipinski definition) is 5. The van der Waals surface area contributed by atoms with Gasteiger partial charge in [0.2, 0.25) is 5.95 Å². The lowest BCUT2D eigenvalue weighted by Gasteiger charge is -2.36. The monoisotopic (exact) mass is 281 g/mol. The number of nitrogens with one attached hydrogen (secondary N) is 1. The maximum Gasteiger partial charge on any atom is 0.224 e. The van der Waals surface area contributed by atoms with E-state index < -0.39 is 0 Å². The van der Waals surface area contributed by atoms with Crippen LogP contribution in [0.1, 0.15) is 20.8 Å². The quantitative estimate of drug-likeness (QED) is 0.892. The third-order valence-corrected chi connectivity index (χ3v) is 3.36. The van der Waals surface area contributed by atoms with Crippen LogP contribution in [-0.2, 0) is 0 Å². The van der Waals surface area contributed by atoms with E-state index in [1.165, 1.54) is 6.20 Å². The van der Waals surface area contributed by atoms with Gasteiger partial charge in [-0.05, 0) is 12.8 Å². The van der Waals surface area contributed by atoms with Crippen molar-refractivity contribution in [1.29, 1.82) is 0 Å². The minimum atomic E-state index is -0.344. The largest absolute Gasteiger partial charge is 0.354 e. The van der Waals surface area contributed by atoms with Crippen LogP contribution in [0.3, 0.4) is 0 Å². The summed E-state index contributed by atoms with van der Waals surface area (Å²) >= 11 is 0. The molecule has 0 saturated carbocycles. The summed E-state index contributed by atoms with van der Waals surface area (Å²) < 4.78 is 13.9. The Morgan fingerprint density at radius 2 is 2.00 bits per heavy atom. The summed E-state index contributed by atoms with van der Waals surface area (Å²) in [5.74, 6) is 1.23. The first-order valence-electron chi connectivity index (χ1n) is 7.34. The zero-order valence-corrected chi connectivity index (χ0v) is 12.6. The van der Waals surface area contributed by atoms with Gasteiger partial charge in [-0.1, -0.05) is 13.8 Å². The Bertz CT molecular complexity index is 430. The van der Waals surface area contributed by atoms with Crippen LogP contribution in [0, 0.1) is 11.7 Å². The first-order chi connectivity index (χ1) is 9.60. The van der Waals surface area contributed by atoms with Crippen LogP contribution >= 0.6 is 0 Å². The van der Waals surface area contributed by atoms with Crippen molar-refractivity contribution < 1.29 is 4.39 Å². The van der Waals surface area contributed by atoms with Gasteiger partial charge in [0.25, 0.3) is 0 Å². The van der Waals surface area contributed by atoms with Crippen LogP contribution in [0.4, 0.5) is 16.2 Å². The van der Waals surface area contributed by atoms with Crippen molar-refractivity contribution in [3.8, 4) is 0 Å². The molecule has 1 aliphatic heterocycles. The van der Waals surface area contributed by atoms with Gasteiger partial charge in [-0.15, -0.1) is 0 Å². The van der Waals surface area contributed by atoms with Gasteiger partial charge in [0, 0.05) is 39.3 Å². The summed E-state index contributed by atoms with van der Waals surface area (Å²) in [5.41, 5.74) is 0. The molecule has 0 amide bonds.